The lowest BCUT2D eigenvalue weighted by Gasteiger charge is -2.39. The fourth-order valence-electron chi connectivity index (χ4n) is 18.2. The van der Waals surface area contributed by atoms with E-state index in [0.29, 0.717) is 127 Å². The Labute approximate surface area is 799 Å². The molecule has 4 heterocycles. The van der Waals surface area contributed by atoms with Crippen LogP contribution in [0.3, 0.4) is 0 Å². The maximum Gasteiger partial charge on any atom is 0.312 e. The molecule has 10 rings (SSSR count). The van der Waals surface area contributed by atoms with E-state index >= 15 is 4.79 Å². The number of esters is 1. The highest BCUT2D eigenvalue weighted by molar-refractivity contribution is 6.26. The number of hydrogen-bond acceptors (Lipinski definition) is 28. The lowest BCUT2D eigenvalue weighted by atomic mass is 9.73. The number of amides is 9. The highest BCUT2D eigenvalue weighted by atomic mass is 16.7. The number of methoxy groups -OCH3 is 1. The van der Waals surface area contributed by atoms with Crippen molar-refractivity contribution in [3.05, 3.63) is 117 Å². The van der Waals surface area contributed by atoms with E-state index in [4.69, 9.17) is 76.7 Å². The Balaban J connectivity index is 0.623. The van der Waals surface area contributed by atoms with Crippen LogP contribution in [0.25, 0.3) is 33.0 Å². The van der Waals surface area contributed by atoms with Gasteiger partial charge in [-0.2, -0.15) is 0 Å². The van der Waals surface area contributed by atoms with Crippen LogP contribution in [0.1, 0.15) is 137 Å². The first-order chi connectivity index (χ1) is 65.3. The molecule has 1 aromatic heterocycles. The van der Waals surface area contributed by atoms with E-state index in [1.54, 1.807) is 75.4 Å². The summed E-state index contributed by atoms with van der Waals surface area (Å²) in [6, 6.07) is 9.27. The Morgan fingerprint density at radius 1 is 0.708 bits per heavy atom. The Morgan fingerprint density at radius 3 is 1.92 bits per heavy atom. The van der Waals surface area contributed by atoms with Crippen molar-refractivity contribution in [2.75, 3.05) is 170 Å². The average molecular weight is 1920 g/mol. The van der Waals surface area contributed by atoms with Gasteiger partial charge >= 0.3 is 17.8 Å². The van der Waals surface area contributed by atoms with Crippen LogP contribution in [0.5, 0.6) is 17.2 Å². The van der Waals surface area contributed by atoms with E-state index < -0.39 is 101 Å². The number of aliphatic hydroxyl groups excluding tert-OH is 1. The van der Waals surface area contributed by atoms with Gasteiger partial charge in [0.1, 0.15) is 66.1 Å². The zero-order chi connectivity index (χ0) is 99.5. The first kappa shape index (κ1) is 108. The molecule has 37 nitrogen and oxygen atoms in total. The number of ketones is 1. The fraction of sp³-hybridized carbons (Fsp3) is 0.600. The molecule has 2 aliphatic carbocycles. The number of aromatic hydroxyl groups is 1. The average Bonchev–Trinajstić information content (AvgIpc) is 1.03. The molecule has 1 saturated heterocycles. The van der Waals surface area contributed by atoms with E-state index in [0.717, 1.165) is 12.0 Å². The second kappa shape index (κ2) is 51.2. The number of fused-ring (bicyclic) bond motifs is 7. The second-order valence-electron chi connectivity index (χ2n) is 37.3. The summed E-state index contributed by atoms with van der Waals surface area (Å²) in [6.45, 7) is 30.0. The molecule has 3 aliphatic heterocycles. The van der Waals surface area contributed by atoms with E-state index in [1.165, 1.54) is 44.6 Å². The molecular weight excluding hydrogens is 1770 g/mol. The number of primary amides is 1. The number of nitrogens with zero attached hydrogens (tertiary/aromatic N) is 3. The van der Waals surface area contributed by atoms with Crippen LogP contribution in [0.15, 0.2) is 99.5 Å². The van der Waals surface area contributed by atoms with E-state index in [9.17, 15) is 58.2 Å². The maximum absolute atomic E-state index is 15.1. The third-order valence-corrected chi connectivity index (χ3v) is 26.2. The summed E-state index contributed by atoms with van der Waals surface area (Å²) >= 11 is 0. The van der Waals surface area contributed by atoms with Crippen molar-refractivity contribution in [3.8, 4) is 17.2 Å². The number of benzene rings is 4. The summed E-state index contributed by atoms with van der Waals surface area (Å²) in [5.41, 5.74) is 7.01. The molecule has 2 fully saturated rings. The summed E-state index contributed by atoms with van der Waals surface area (Å²) in [7, 11) is 5.52. The molecule has 5 aromatic rings. The summed E-state index contributed by atoms with van der Waals surface area (Å²) in [5.74, 6) is -8.61. The Morgan fingerprint density at radius 2 is 1.32 bits per heavy atom. The molecule has 137 heavy (non-hydrogen) atoms. The van der Waals surface area contributed by atoms with Gasteiger partial charge in [0.25, 0.3) is 11.7 Å². The standard InChI is InChI=1S/C100H140N10O27/c1-57(2)71-53-68-54-72(71)80-79(68)97(121)109(98(80)122)33-28-77(112)102-32-37-126-40-42-128-44-46-130-48-50-132-52-51-131-49-47-129-45-43-127-41-39-125-35-30-78(113)107-84(58(3)4)96(120)106-74(21-18-31-103-99(101)123)95(119)104-69-24-22-67(23-25-69)56-110(14,15)34-38-133-70-26-27-73-76(55-70)136-92-85(105-73)81-82-88(115)65(11)91-83(81)93(117)100(13,137-91)134-36-29-75(124-16)64(10)90(135-66(12)111)63(9)61(7)62(8)87(114)59(5)19-17-20-60(6)94(118)108-86(92)89(82)116/h17,19-20,22-27,29,36,53,55,57-59,61-64,68,72,74-75,79-80,84,87,90,114H,18,21,28,30-35,37-52,54,56H2,1-16H3,(H8-,101,102,103,104,105,106,107,108,112,113,115,116,117,118,119,120,123)/p+1/b19-17+,36-29+,60-20-/t59-,61+,62-,63+,64+,68?,72?,74-,75-,79?,80?,84-,87-,90-,100-/m0/s1. The fourth-order valence-corrected chi connectivity index (χ4v) is 18.2. The Bertz CT molecular complexity index is 5230. The number of carbonyl (C=O) groups excluding carboxylic acids is 10. The summed E-state index contributed by atoms with van der Waals surface area (Å²) in [4.78, 5) is 155. The van der Waals surface area contributed by atoms with E-state index in [2.05, 4.69) is 51.8 Å². The summed E-state index contributed by atoms with van der Waals surface area (Å²) in [6.07, 6.45) is 8.91. The SMILES string of the molecule is CO[C@H]1/C=C/O[C@@]2(C)Oc3c(C)c(=O)c4c(O)c(c5oc6cc(OCC[N+](C)(C)Cc7ccc(NC(=O)[C@H](CCCNC(N)=O)NC(=O)[C@@H](NC(=O)CCOCCOCCOCCOCCOCCOCCOCCOCCNC(=O)CCN8C(=O)C9C%10C=C(C(C)C)C(C%10)C9C8=O)C(C)C)cc7)ccc6nc5c4c3C2=O)NC(=O)/C(C)=C\C=C\[C@H](C)[C@H](O)[C@@H](C)[C@@H](C)[C@@H](C)[C@H](OC(C)=O)[C@@H]1C. The van der Waals surface area contributed by atoms with Gasteiger partial charge in [-0.15, -0.1) is 0 Å². The van der Waals surface area contributed by atoms with Crippen molar-refractivity contribution in [3.63, 3.8) is 0 Å². The van der Waals surface area contributed by atoms with Crippen LogP contribution in [-0.4, -0.2) is 280 Å². The van der Waals surface area contributed by atoms with Gasteiger partial charge in [0, 0.05) is 99.1 Å². The van der Waals surface area contributed by atoms with Crippen LogP contribution in [-0.2, 0) is 97.0 Å². The number of aromatic nitrogens is 1. The van der Waals surface area contributed by atoms with Gasteiger partial charge in [-0.05, 0) is 105 Å². The minimum Gasteiger partial charge on any atom is -0.505 e. The number of quaternary nitrogens is 1. The molecular formula is C100H141N10O27+. The molecule has 5 aliphatic rings. The van der Waals surface area contributed by atoms with Gasteiger partial charge < -0.3 is 118 Å². The normalized spacial score (nSPS) is 23.6. The molecule has 15 atom stereocenters. The number of anilines is 2. The predicted molar refractivity (Wildman–Crippen MR) is 509 cm³/mol. The number of nitrogens with two attached hydrogens (primary N) is 1. The Kier molecular flexibility index (Phi) is 40.4. The number of phenols is 1. The number of imide groups is 1. The highest BCUT2D eigenvalue weighted by Crippen LogP contribution is 2.57. The lowest BCUT2D eigenvalue weighted by Crippen LogP contribution is -2.54. The molecule has 0 radical (unpaired) electrons. The van der Waals surface area contributed by atoms with Crippen LogP contribution in [0, 0.1) is 72.0 Å². The van der Waals surface area contributed by atoms with Gasteiger partial charge in [-0.3, -0.25) is 52.8 Å². The molecule has 4 unspecified atom stereocenters. The van der Waals surface area contributed by atoms with Gasteiger partial charge in [0.05, 0.1) is 161 Å². The van der Waals surface area contributed by atoms with Crippen molar-refractivity contribution in [2.24, 2.45) is 70.8 Å². The third kappa shape index (κ3) is 28.9. The number of likely N-dealkylation sites (tertiary alicyclic amines) is 1. The number of allylic oxidation sites excluding steroid dienone is 4. The molecule has 752 valence electrons. The van der Waals surface area contributed by atoms with Crippen LogP contribution in [0.4, 0.5) is 16.2 Å². The smallest absolute Gasteiger partial charge is 0.312 e. The van der Waals surface area contributed by atoms with Crippen molar-refractivity contribution in [1.82, 2.24) is 31.2 Å². The maximum atomic E-state index is 15.1. The third-order valence-electron chi connectivity index (χ3n) is 26.2. The topological polar surface area (TPSA) is 476 Å². The van der Waals surface area contributed by atoms with Crippen LogP contribution < -0.4 is 52.5 Å². The zero-order valence-corrected chi connectivity index (χ0v) is 81.9. The highest BCUT2D eigenvalue weighted by Gasteiger charge is 2.61. The monoisotopic (exact) mass is 1910 g/mol. The molecule has 0 spiro atoms. The number of hydrogen-bond donors (Lipinski definition) is 9. The van der Waals surface area contributed by atoms with Crippen LogP contribution in [0.2, 0.25) is 0 Å². The van der Waals surface area contributed by atoms with Crippen LogP contribution >= 0.6 is 0 Å². The van der Waals surface area contributed by atoms with Gasteiger partial charge in [0.2, 0.25) is 35.4 Å². The molecule has 4 aromatic carbocycles. The van der Waals surface area contributed by atoms with E-state index in [1.807, 2.05) is 60.8 Å². The molecule has 10 N–H and O–H groups in total. The molecule has 37 heteroatoms. The minimum atomic E-state index is -2.09. The lowest BCUT2D eigenvalue weighted by molar-refractivity contribution is -0.903. The molecule has 1 saturated carbocycles. The number of Topliss-reactive ketones (excluding diaryl/α,β-unsaturated/α-hetero) is 1. The first-order valence-electron chi connectivity index (χ1n) is 47.5. The van der Waals surface area contributed by atoms with Crippen molar-refractivity contribution in [1.29, 1.82) is 0 Å². The zero-order valence-electron chi connectivity index (χ0n) is 81.9. The minimum absolute atomic E-state index is 0.0408. The van der Waals surface area contributed by atoms with Gasteiger partial charge in [-0.1, -0.05) is 104 Å². The van der Waals surface area contributed by atoms with Crippen molar-refractivity contribution >= 4 is 103 Å². The van der Waals surface area contributed by atoms with Gasteiger partial charge in [-0.25, -0.2) is 9.78 Å². The second-order valence-corrected chi connectivity index (χ2v) is 37.3. The molecule has 9 amide bonds. The number of urea groups is 1. The van der Waals surface area contributed by atoms with Gasteiger partial charge in [0.15, 0.2) is 22.3 Å². The number of carbonyl (C=O) groups is 10. The summed E-state index contributed by atoms with van der Waals surface area (Å²) in [5, 5.41) is 40.3. The number of likely N-dealkylation sites (N-methyl/N-ethyl adjacent to an activating group) is 1. The first-order valence-corrected chi connectivity index (χ1v) is 47.5. The summed E-state index contributed by atoms with van der Waals surface area (Å²) < 4.78 is 82.5. The predicted octanol–water partition coefficient (Wildman–Crippen LogP) is 8.80. The Hall–Kier alpha value is -10.8. The number of rotatable bonds is 49. The largest absolute Gasteiger partial charge is 0.505 e. The number of phenolic OH excluding ortho intramolecular Hbond substituents is 1. The quantitative estimate of drug-likeness (QED) is 0.00256. The number of nitrogens with one attached hydrogen (secondary N) is 6. The number of ether oxygens (including phenoxy) is 13. The number of aliphatic hydroxyl groups is 1. The molecule has 6 bridgehead atoms. The van der Waals surface area contributed by atoms with Crippen molar-refractivity contribution < 1.29 is 129 Å². The van der Waals surface area contributed by atoms with Crippen molar-refractivity contribution in [2.45, 2.75) is 165 Å². The van der Waals surface area contributed by atoms with E-state index in [-0.39, 0.29) is 191 Å².